The number of nitriles is 1. The maximum Gasteiger partial charge on any atom is 0.259 e. The molecule has 1 aliphatic heterocycles. The van der Waals surface area contributed by atoms with Crippen molar-refractivity contribution < 1.29 is 14.2 Å². The Hall–Kier alpha value is -3.89. The van der Waals surface area contributed by atoms with Crippen LogP contribution in [0.4, 0.5) is 0 Å². The first-order valence-corrected chi connectivity index (χ1v) is 10.5. The van der Waals surface area contributed by atoms with Crippen LogP contribution in [-0.4, -0.2) is 18.8 Å². The summed E-state index contributed by atoms with van der Waals surface area (Å²) in [5.74, 6) is 0.562. The number of aromatic nitrogens is 1. The van der Waals surface area contributed by atoms with Crippen LogP contribution in [0.3, 0.4) is 0 Å². The number of hydrogen-bond donors (Lipinski definition) is 1. The number of fused-ring (bicyclic) bond motifs is 1. The maximum absolute atomic E-state index is 13.8. The van der Waals surface area contributed by atoms with Crippen molar-refractivity contribution in [1.82, 2.24) is 4.57 Å². The smallest absolute Gasteiger partial charge is 0.259 e. The highest BCUT2D eigenvalue weighted by atomic mass is 35.5. The second-order valence-corrected chi connectivity index (χ2v) is 7.99. The van der Waals surface area contributed by atoms with Crippen molar-refractivity contribution in [2.75, 3.05) is 14.2 Å². The molecule has 0 spiro atoms. The van der Waals surface area contributed by atoms with Crippen molar-refractivity contribution in [3.05, 3.63) is 97.7 Å². The molecule has 2 aromatic carbocycles. The zero-order valence-corrected chi connectivity index (χ0v) is 19.1. The van der Waals surface area contributed by atoms with E-state index in [2.05, 4.69) is 6.07 Å². The molecule has 0 fully saturated rings. The molecule has 168 valence electrons. The minimum atomic E-state index is -0.732. The van der Waals surface area contributed by atoms with Gasteiger partial charge in [-0.1, -0.05) is 35.9 Å². The summed E-state index contributed by atoms with van der Waals surface area (Å²) >= 11 is 6.34. The van der Waals surface area contributed by atoms with Crippen LogP contribution in [0.25, 0.3) is 0 Å². The molecule has 1 aromatic heterocycles. The molecule has 2 N–H and O–H groups in total. The largest absolute Gasteiger partial charge is 0.493 e. The number of benzene rings is 2. The third-order valence-corrected chi connectivity index (χ3v) is 6.09. The van der Waals surface area contributed by atoms with E-state index >= 15 is 0 Å². The number of methoxy groups -OCH3 is 2. The summed E-state index contributed by atoms with van der Waals surface area (Å²) in [4.78, 5) is 13.8. The van der Waals surface area contributed by atoms with Crippen LogP contribution in [0.5, 0.6) is 17.2 Å². The van der Waals surface area contributed by atoms with Gasteiger partial charge in [-0.15, -0.1) is 0 Å². The molecule has 0 radical (unpaired) electrons. The molecule has 0 aliphatic carbocycles. The van der Waals surface area contributed by atoms with Gasteiger partial charge >= 0.3 is 0 Å². The Morgan fingerprint density at radius 3 is 2.55 bits per heavy atom. The van der Waals surface area contributed by atoms with Gasteiger partial charge in [0, 0.05) is 16.8 Å². The van der Waals surface area contributed by atoms with Gasteiger partial charge < -0.3 is 24.5 Å². The van der Waals surface area contributed by atoms with Gasteiger partial charge in [0.2, 0.25) is 5.88 Å². The molecule has 33 heavy (non-hydrogen) atoms. The lowest BCUT2D eigenvalue weighted by Gasteiger charge is -2.27. The van der Waals surface area contributed by atoms with E-state index < -0.39 is 5.92 Å². The molecule has 1 atom stereocenters. The highest BCUT2D eigenvalue weighted by Crippen LogP contribution is 2.42. The molecule has 0 amide bonds. The quantitative estimate of drug-likeness (QED) is 0.611. The molecule has 0 saturated carbocycles. The molecular formula is C25H22ClN3O4. The predicted octanol–water partition coefficient (Wildman–Crippen LogP) is 4.09. The Labute approximate surface area is 196 Å². The van der Waals surface area contributed by atoms with Crippen LogP contribution in [0, 0.1) is 18.3 Å². The summed E-state index contributed by atoms with van der Waals surface area (Å²) in [7, 11) is 3.06. The van der Waals surface area contributed by atoms with Crippen molar-refractivity contribution in [2.45, 2.75) is 19.4 Å². The zero-order valence-electron chi connectivity index (χ0n) is 18.4. The van der Waals surface area contributed by atoms with E-state index in [1.54, 1.807) is 34.9 Å². The fourth-order valence-corrected chi connectivity index (χ4v) is 4.24. The monoisotopic (exact) mass is 463 g/mol. The summed E-state index contributed by atoms with van der Waals surface area (Å²) < 4.78 is 18.1. The molecule has 2 heterocycles. The average Bonchev–Trinajstić information content (AvgIpc) is 2.81. The molecule has 0 unspecified atom stereocenters. The number of rotatable bonds is 5. The molecule has 0 saturated heterocycles. The third-order valence-electron chi connectivity index (χ3n) is 5.72. The van der Waals surface area contributed by atoms with E-state index in [0.29, 0.717) is 39.1 Å². The van der Waals surface area contributed by atoms with Gasteiger partial charge in [0.25, 0.3) is 5.56 Å². The Bertz CT molecular complexity index is 1370. The second kappa shape index (κ2) is 8.93. The van der Waals surface area contributed by atoms with Gasteiger partial charge in [-0.25, -0.2) is 0 Å². The minimum absolute atomic E-state index is 0.0348. The highest BCUT2D eigenvalue weighted by Gasteiger charge is 2.35. The molecule has 0 bridgehead atoms. The zero-order chi connectivity index (χ0) is 23.7. The van der Waals surface area contributed by atoms with Crippen LogP contribution in [0.15, 0.2) is 64.8 Å². The van der Waals surface area contributed by atoms with Crippen molar-refractivity contribution in [3.63, 3.8) is 0 Å². The SMILES string of the molecule is COc1ccc([C@@H]2C(C#N)=C(N)Oc3cc(C)n(Cc4ccccc4Cl)c(=O)c32)cc1OC. The Kier molecular flexibility index (Phi) is 6.03. The van der Waals surface area contributed by atoms with E-state index in [-0.39, 0.29) is 23.6 Å². The lowest BCUT2D eigenvalue weighted by Crippen LogP contribution is -2.33. The minimum Gasteiger partial charge on any atom is -0.493 e. The summed E-state index contributed by atoms with van der Waals surface area (Å²) in [5, 5.41) is 10.4. The van der Waals surface area contributed by atoms with E-state index in [4.69, 9.17) is 31.5 Å². The Morgan fingerprint density at radius 2 is 1.88 bits per heavy atom. The normalized spacial score (nSPS) is 14.8. The van der Waals surface area contributed by atoms with Crippen molar-refractivity contribution >= 4 is 11.6 Å². The summed E-state index contributed by atoms with van der Waals surface area (Å²) in [6.45, 7) is 2.09. The number of aryl methyl sites for hydroxylation is 1. The third kappa shape index (κ3) is 3.90. The van der Waals surface area contributed by atoms with Gasteiger partial charge in [-0.05, 0) is 36.2 Å². The summed E-state index contributed by atoms with van der Waals surface area (Å²) in [6, 6.07) is 16.5. The number of nitrogens with zero attached hydrogens (tertiary/aromatic N) is 2. The summed E-state index contributed by atoms with van der Waals surface area (Å²) in [5.41, 5.74) is 8.42. The molecule has 1 aliphatic rings. The van der Waals surface area contributed by atoms with Crippen molar-refractivity contribution in [2.24, 2.45) is 5.73 Å². The summed E-state index contributed by atoms with van der Waals surface area (Å²) in [6.07, 6.45) is 0. The average molecular weight is 464 g/mol. The van der Waals surface area contributed by atoms with Crippen LogP contribution < -0.4 is 25.5 Å². The molecule has 3 aromatic rings. The number of pyridine rings is 1. The number of nitrogens with two attached hydrogens (primary N) is 1. The van der Waals surface area contributed by atoms with E-state index in [0.717, 1.165) is 5.56 Å². The molecular weight excluding hydrogens is 442 g/mol. The predicted molar refractivity (Wildman–Crippen MR) is 125 cm³/mol. The Morgan fingerprint density at radius 1 is 1.15 bits per heavy atom. The van der Waals surface area contributed by atoms with Crippen LogP contribution in [-0.2, 0) is 6.54 Å². The first kappa shape index (κ1) is 22.3. The van der Waals surface area contributed by atoms with Gasteiger partial charge in [0.05, 0.1) is 32.2 Å². The standard InChI is InChI=1S/C25H22ClN3O4/c1-14-10-21-23(25(30)29(14)13-16-6-4-5-7-18(16)26)22(17(12-27)24(28)33-21)15-8-9-19(31-2)20(11-15)32-3/h4-11,22H,13,28H2,1-3H3/t22-/m1/s1. The van der Waals surface area contributed by atoms with E-state index in [1.807, 2.05) is 25.1 Å². The van der Waals surface area contributed by atoms with E-state index in [9.17, 15) is 10.1 Å². The van der Waals surface area contributed by atoms with Gasteiger partial charge in [-0.3, -0.25) is 4.79 Å². The number of ether oxygens (including phenoxy) is 3. The topological polar surface area (TPSA) is 99.5 Å². The van der Waals surface area contributed by atoms with E-state index in [1.165, 1.54) is 14.2 Å². The second-order valence-electron chi connectivity index (χ2n) is 7.59. The highest BCUT2D eigenvalue weighted by molar-refractivity contribution is 6.31. The van der Waals surface area contributed by atoms with Crippen molar-refractivity contribution in [3.8, 4) is 23.3 Å². The number of allylic oxidation sites excluding steroid dienone is 1. The Balaban J connectivity index is 1.94. The molecule has 8 heteroatoms. The first-order chi connectivity index (χ1) is 15.9. The number of halogens is 1. The van der Waals surface area contributed by atoms with Gasteiger partial charge in [0.1, 0.15) is 17.4 Å². The van der Waals surface area contributed by atoms with Gasteiger partial charge in [0.15, 0.2) is 11.5 Å². The lowest BCUT2D eigenvalue weighted by molar-refractivity contribution is 0.354. The number of hydrogen-bond acceptors (Lipinski definition) is 6. The maximum atomic E-state index is 13.8. The first-order valence-electron chi connectivity index (χ1n) is 10.2. The van der Waals surface area contributed by atoms with Crippen molar-refractivity contribution in [1.29, 1.82) is 5.26 Å². The fraction of sp³-hybridized carbons (Fsp3) is 0.200. The fourth-order valence-electron chi connectivity index (χ4n) is 4.05. The lowest BCUT2D eigenvalue weighted by atomic mass is 9.84. The van der Waals surface area contributed by atoms with Crippen LogP contribution >= 0.6 is 11.6 Å². The van der Waals surface area contributed by atoms with Crippen LogP contribution in [0.1, 0.15) is 28.3 Å². The van der Waals surface area contributed by atoms with Gasteiger partial charge in [-0.2, -0.15) is 5.26 Å². The molecule has 4 rings (SSSR count). The molecule has 7 nitrogen and oxygen atoms in total. The van der Waals surface area contributed by atoms with Crippen LogP contribution in [0.2, 0.25) is 5.02 Å².